The number of benzene rings is 2. The van der Waals surface area contributed by atoms with E-state index in [9.17, 15) is 13.5 Å². The number of nitrogens with zero attached hydrogens (tertiary/aromatic N) is 1. The molecule has 0 saturated heterocycles. The first-order chi connectivity index (χ1) is 14.2. The molecule has 0 spiro atoms. The molecule has 0 heterocycles. The highest BCUT2D eigenvalue weighted by Gasteiger charge is 2.27. The molecule has 0 aromatic heterocycles. The van der Waals surface area contributed by atoms with Gasteiger partial charge in [-0.3, -0.25) is 4.31 Å². The van der Waals surface area contributed by atoms with E-state index in [1.165, 1.54) is 4.31 Å². The molecule has 1 aliphatic carbocycles. The van der Waals surface area contributed by atoms with E-state index in [0.717, 1.165) is 30.4 Å². The topological polar surface area (TPSA) is 66.8 Å². The van der Waals surface area contributed by atoms with Crippen molar-refractivity contribution in [1.82, 2.24) is 0 Å². The van der Waals surface area contributed by atoms with Crippen molar-refractivity contribution in [2.75, 3.05) is 10.8 Å². The molecule has 2 aromatic carbocycles. The Labute approximate surface area is 180 Å². The van der Waals surface area contributed by atoms with Crippen LogP contribution < -0.4 is 9.04 Å². The van der Waals surface area contributed by atoms with Gasteiger partial charge < -0.3 is 9.84 Å². The van der Waals surface area contributed by atoms with Gasteiger partial charge in [0.1, 0.15) is 11.9 Å². The van der Waals surface area contributed by atoms with Gasteiger partial charge in [0.25, 0.3) is 10.0 Å². The highest BCUT2D eigenvalue weighted by Crippen LogP contribution is 2.30. The second-order valence-corrected chi connectivity index (χ2v) is 10.6. The summed E-state index contributed by atoms with van der Waals surface area (Å²) in [5.41, 5.74) is 2.76. The van der Waals surface area contributed by atoms with Gasteiger partial charge in [-0.1, -0.05) is 31.5 Å². The summed E-state index contributed by atoms with van der Waals surface area (Å²) in [6, 6.07) is 12.5. The van der Waals surface area contributed by atoms with E-state index >= 15 is 0 Å². The molecule has 0 amide bonds. The normalized spacial score (nSPS) is 19.7. The van der Waals surface area contributed by atoms with Crippen molar-refractivity contribution < 1.29 is 18.3 Å². The number of sulfonamides is 1. The molecule has 5 nitrogen and oxygen atoms in total. The fourth-order valence-electron chi connectivity index (χ4n) is 3.98. The summed E-state index contributed by atoms with van der Waals surface area (Å²) < 4.78 is 34.5. The lowest BCUT2D eigenvalue weighted by Gasteiger charge is -2.28. The van der Waals surface area contributed by atoms with E-state index in [2.05, 4.69) is 0 Å². The molecule has 0 aliphatic heterocycles. The molecular formula is C24H33NO4S. The highest BCUT2D eigenvalue weighted by atomic mass is 32.2. The number of ether oxygens (including phenoxy) is 1. The standard InChI is InChI=1S/C24H33NO4S/c1-17(2)16-25(24-13-8-18(3)14-19(24)4)30(27,28)23-11-9-21(10-12-23)29-22-7-5-6-20(26)15-22/h8-14,17,20,22,26H,5-7,15-16H2,1-4H3. The number of aliphatic hydroxyl groups excluding tert-OH is 1. The second-order valence-electron chi connectivity index (χ2n) is 8.75. The average Bonchev–Trinajstić information content (AvgIpc) is 2.67. The van der Waals surface area contributed by atoms with Crippen LogP contribution in [0.3, 0.4) is 0 Å². The summed E-state index contributed by atoms with van der Waals surface area (Å²) in [7, 11) is -3.71. The first kappa shape index (κ1) is 22.6. The molecule has 0 radical (unpaired) electrons. The lowest BCUT2D eigenvalue weighted by Crippen LogP contribution is -2.34. The first-order valence-electron chi connectivity index (χ1n) is 10.7. The Morgan fingerprint density at radius 3 is 2.40 bits per heavy atom. The van der Waals surface area contributed by atoms with E-state index in [1.54, 1.807) is 24.3 Å². The van der Waals surface area contributed by atoms with Crippen LogP contribution >= 0.6 is 0 Å². The van der Waals surface area contributed by atoms with Gasteiger partial charge in [-0.2, -0.15) is 0 Å². The van der Waals surface area contributed by atoms with Crippen LogP contribution in [0.25, 0.3) is 0 Å². The molecule has 1 N–H and O–H groups in total. The van der Waals surface area contributed by atoms with Crippen molar-refractivity contribution in [2.45, 2.75) is 70.5 Å². The number of hydrogen-bond acceptors (Lipinski definition) is 4. The number of aliphatic hydroxyl groups is 1. The maximum atomic E-state index is 13.5. The van der Waals surface area contributed by atoms with Crippen LogP contribution in [0, 0.1) is 19.8 Å². The summed E-state index contributed by atoms with van der Waals surface area (Å²) in [6.07, 6.45) is 2.95. The number of rotatable bonds is 7. The lowest BCUT2D eigenvalue weighted by molar-refractivity contribution is 0.0536. The van der Waals surface area contributed by atoms with Gasteiger partial charge in [0.05, 0.1) is 16.7 Å². The quantitative estimate of drug-likeness (QED) is 0.681. The van der Waals surface area contributed by atoms with Crippen LogP contribution in [0.4, 0.5) is 5.69 Å². The summed E-state index contributed by atoms with van der Waals surface area (Å²) in [5, 5.41) is 9.82. The van der Waals surface area contributed by atoms with E-state index < -0.39 is 10.0 Å². The van der Waals surface area contributed by atoms with Crippen LogP contribution in [0.15, 0.2) is 47.4 Å². The third-order valence-electron chi connectivity index (χ3n) is 5.46. The molecule has 2 unspecified atom stereocenters. The Morgan fingerprint density at radius 1 is 1.10 bits per heavy atom. The van der Waals surface area contributed by atoms with Crippen molar-refractivity contribution in [1.29, 1.82) is 0 Å². The van der Waals surface area contributed by atoms with Gasteiger partial charge in [0.2, 0.25) is 0 Å². The molecule has 30 heavy (non-hydrogen) atoms. The van der Waals surface area contributed by atoms with Crippen LogP contribution in [0.1, 0.15) is 50.7 Å². The van der Waals surface area contributed by atoms with Gasteiger partial charge in [0.15, 0.2) is 0 Å². The smallest absolute Gasteiger partial charge is 0.264 e. The predicted molar refractivity (Wildman–Crippen MR) is 121 cm³/mol. The predicted octanol–water partition coefficient (Wildman–Crippen LogP) is 4.84. The van der Waals surface area contributed by atoms with E-state index in [1.807, 2.05) is 45.9 Å². The lowest BCUT2D eigenvalue weighted by atomic mass is 9.95. The van der Waals surface area contributed by atoms with Gasteiger partial charge in [0, 0.05) is 13.0 Å². The van der Waals surface area contributed by atoms with Crippen molar-refractivity contribution in [3.8, 4) is 5.75 Å². The Bertz CT molecular complexity index is 954. The highest BCUT2D eigenvalue weighted by molar-refractivity contribution is 7.92. The maximum absolute atomic E-state index is 13.5. The maximum Gasteiger partial charge on any atom is 0.264 e. The molecule has 1 fully saturated rings. The zero-order valence-electron chi connectivity index (χ0n) is 18.3. The van der Waals surface area contributed by atoms with Crippen molar-refractivity contribution in [3.63, 3.8) is 0 Å². The molecule has 2 aromatic rings. The Hall–Kier alpha value is -2.05. The Morgan fingerprint density at radius 2 is 1.80 bits per heavy atom. The van der Waals surface area contributed by atoms with Gasteiger partial charge >= 0.3 is 0 Å². The summed E-state index contributed by atoms with van der Waals surface area (Å²) in [5.74, 6) is 0.816. The molecule has 2 atom stereocenters. The second kappa shape index (κ2) is 9.40. The van der Waals surface area contributed by atoms with E-state index in [-0.39, 0.29) is 23.0 Å². The Kier molecular flexibility index (Phi) is 7.09. The van der Waals surface area contributed by atoms with E-state index in [4.69, 9.17) is 4.74 Å². The van der Waals surface area contributed by atoms with E-state index in [0.29, 0.717) is 24.4 Å². The Balaban J connectivity index is 1.85. The third-order valence-corrected chi connectivity index (χ3v) is 7.26. The van der Waals surface area contributed by atoms with Gasteiger partial charge in [-0.25, -0.2) is 8.42 Å². The summed E-state index contributed by atoms with van der Waals surface area (Å²) in [4.78, 5) is 0.249. The minimum Gasteiger partial charge on any atom is -0.490 e. The molecule has 1 aliphatic rings. The largest absolute Gasteiger partial charge is 0.490 e. The van der Waals surface area contributed by atoms with Crippen LogP contribution in [0.2, 0.25) is 0 Å². The SMILES string of the molecule is Cc1ccc(N(CC(C)C)S(=O)(=O)c2ccc(OC3CCCC(O)C3)cc2)c(C)c1. The molecule has 0 bridgehead atoms. The zero-order valence-corrected chi connectivity index (χ0v) is 19.2. The number of anilines is 1. The van der Waals surface area contributed by atoms with Crippen LogP contribution in [-0.4, -0.2) is 32.3 Å². The first-order valence-corrected chi connectivity index (χ1v) is 12.2. The van der Waals surface area contributed by atoms with Crippen molar-refractivity contribution in [3.05, 3.63) is 53.6 Å². The van der Waals surface area contributed by atoms with Crippen LogP contribution in [0.5, 0.6) is 5.75 Å². The fourth-order valence-corrected chi connectivity index (χ4v) is 5.67. The van der Waals surface area contributed by atoms with Gasteiger partial charge in [-0.05, 0) is 74.9 Å². The summed E-state index contributed by atoms with van der Waals surface area (Å²) >= 11 is 0. The minimum atomic E-state index is -3.71. The number of hydrogen-bond donors (Lipinski definition) is 1. The average molecular weight is 432 g/mol. The zero-order chi connectivity index (χ0) is 21.9. The molecule has 6 heteroatoms. The third kappa shape index (κ3) is 5.35. The molecule has 3 rings (SSSR count). The number of aryl methyl sites for hydroxylation is 2. The molecular weight excluding hydrogens is 398 g/mol. The fraction of sp³-hybridized carbons (Fsp3) is 0.500. The molecule has 1 saturated carbocycles. The van der Waals surface area contributed by atoms with Crippen molar-refractivity contribution >= 4 is 15.7 Å². The monoisotopic (exact) mass is 431 g/mol. The van der Waals surface area contributed by atoms with Gasteiger partial charge in [-0.15, -0.1) is 0 Å². The van der Waals surface area contributed by atoms with Crippen LogP contribution in [-0.2, 0) is 10.0 Å². The minimum absolute atomic E-state index is 0.0242. The summed E-state index contributed by atoms with van der Waals surface area (Å²) in [6.45, 7) is 8.39. The van der Waals surface area contributed by atoms with Crippen molar-refractivity contribution in [2.24, 2.45) is 5.92 Å². The molecule has 164 valence electrons.